The van der Waals surface area contributed by atoms with Crippen molar-refractivity contribution < 1.29 is 14.3 Å². The van der Waals surface area contributed by atoms with Gasteiger partial charge in [0.2, 0.25) is 5.91 Å². The van der Waals surface area contributed by atoms with E-state index in [2.05, 4.69) is 15.0 Å². The SMILES string of the molecule is COC(=O)/C=C/C(=O)Nc1nc(-c2ccccc2)cs1. The summed E-state index contributed by atoms with van der Waals surface area (Å²) in [5.41, 5.74) is 1.78. The number of amides is 1. The first kappa shape index (κ1) is 14.0. The number of hydrogen-bond acceptors (Lipinski definition) is 5. The van der Waals surface area contributed by atoms with Gasteiger partial charge in [-0.2, -0.15) is 0 Å². The van der Waals surface area contributed by atoms with Crippen molar-refractivity contribution >= 4 is 28.3 Å². The van der Waals surface area contributed by atoms with Crippen LogP contribution in [-0.4, -0.2) is 24.0 Å². The third kappa shape index (κ3) is 3.76. The number of anilines is 1. The molecular formula is C14H12N2O3S. The third-order valence-electron chi connectivity index (χ3n) is 2.38. The highest BCUT2D eigenvalue weighted by Crippen LogP contribution is 2.24. The number of carbonyl (C=O) groups excluding carboxylic acids is 2. The summed E-state index contributed by atoms with van der Waals surface area (Å²) in [6.07, 6.45) is 2.16. The maximum absolute atomic E-state index is 11.5. The Bertz CT molecular complexity index is 635. The summed E-state index contributed by atoms with van der Waals surface area (Å²) in [7, 11) is 1.25. The van der Waals surface area contributed by atoms with Gasteiger partial charge < -0.3 is 4.74 Å². The Morgan fingerprint density at radius 3 is 2.70 bits per heavy atom. The molecule has 102 valence electrons. The lowest BCUT2D eigenvalue weighted by Crippen LogP contribution is -2.08. The van der Waals surface area contributed by atoms with Crippen molar-refractivity contribution in [1.29, 1.82) is 0 Å². The molecule has 1 aromatic carbocycles. The van der Waals surface area contributed by atoms with Crippen LogP contribution in [0.1, 0.15) is 0 Å². The van der Waals surface area contributed by atoms with Crippen molar-refractivity contribution in [2.45, 2.75) is 0 Å². The molecule has 2 rings (SSSR count). The summed E-state index contributed by atoms with van der Waals surface area (Å²) >= 11 is 1.32. The van der Waals surface area contributed by atoms with Crippen molar-refractivity contribution in [3.8, 4) is 11.3 Å². The molecule has 0 saturated heterocycles. The molecule has 1 N–H and O–H groups in total. The minimum absolute atomic E-state index is 0.427. The number of hydrogen-bond donors (Lipinski definition) is 1. The maximum atomic E-state index is 11.5. The van der Waals surface area contributed by atoms with Crippen molar-refractivity contribution in [3.63, 3.8) is 0 Å². The summed E-state index contributed by atoms with van der Waals surface area (Å²) in [5, 5.41) is 4.92. The smallest absolute Gasteiger partial charge is 0.330 e. The number of nitrogens with one attached hydrogen (secondary N) is 1. The van der Waals surface area contributed by atoms with Crippen LogP contribution in [0.5, 0.6) is 0 Å². The Morgan fingerprint density at radius 1 is 1.25 bits per heavy atom. The third-order valence-corrected chi connectivity index (χ3v) is 3.13. The molecule has 0 aliphatic rings. The van der Waals surface area contributed by atoms with Crippen LogP contribution in [0.15, 0.2) is 47.9 Å². The number of thiazole rings is 1. The van der Waals surface area contributed by atoms with Gasteiger partial charge in [0, 0.05) is 23.1 Å². The van der Waals surface area contributed by atoms with Gasteiger partial charge in [-0.05, 0) is 0 Å². The number of nitrogens with zero attached hydrogens (tertiary/aromatic N) is 1. The van der Waals surface area contributed by atoms with Crippen LogP contribution in [-0.2, 0) is 14.3 Å². The summed E-state index contributed by atoms with van der Waals surface area (Å²) in [6, 6.07) is 9.66. The van der Waals surface area contributed by atoms with Gasteiger partial charge in [0.25, 0.3) is 0 Å². The molecule has 0 bridgehead atoms. The molecule has 2 aromatic rings. The second-order valence-electron chi connectivity index (χ2n) is 3.75. The van der Waals surface area contributed by atoms with Crippen LogP contribution in [0.4, 0.5) is 5.13 Å². The number of aromatic nitrogens is 1. The fourth-order valence-corrected chi connectivity index (χ4v) is 2.15. The molecule has 0 aliphatic heterocycles. The summed E-state index contributed by atoms with van der Waals surface area (Å²) in [4.78, 5) is 26.7. The van der Waals surface area contributed by atoms with E-state index in [9.17, 15) is 9.59 Å². The van der Waals surface area contributed by atoms with Gasteiger partial charge in [0.1, 0.15) is 0 Å². The highest BCUT2D eigenvalue weighted by molar-refractivity contribution is 7.14. The highest BCUT2D eigenvalue weighted by atomic mass is 32.1. The van der Waals surface area contributed by atoms with Crippen LogP contribution in [0.25, 0.3) is 11.3 Å². The molecule has 0 aliphatic carbocycles. The minimum atomic E-state index is -0.579. The normalized spacial score (nSPS) is 10.4. The number of rotatable bonds is 4. The van der Waals surface area contributed by atoms with E-state index in [-0.39, 0.29) is 0 Å². The van der Waals surface area contributed by atoms with Crippen molar-refractivity contribution in [2.75, 3.05) is 12.4 Å². The molecule has 5 nitrogen and oxygen atoms in total. The van der Waals surface area contributed by atoms with Crippen LogP contribution in [0.2, 0.25) is 0 Å². The molecule has 0 fully saturated rings. The molecule has 0 unspecified atom stereocenters. The minimum Gasteiger partial charge on any atom is -0.466 e. The molecule has 20 heavy (non-hydrogen) atoms. The Morgan fingerprint density at radius 2 is 2.00 bits per heavy atom. The van der Waals surface area contributed by atoms with Gasteiger partial charge in [-0.15, -0.1) is 11.3 Å². The number of esters is 1. The van der Waals surface area contributed by atoms with E-state index in [0.717, 1.165) is 23.4 Å². The lowest BCUT2D eigenvalue weighted by Gasteiger charge is -1.96. The lowest BCUT2D eigenvalue weighted by molar-refractivity contribution is -0.135. The average molecular weight is 288 g/mol. The van der Waals surface area contributed by atoms with E-state index in [4.69, 9.17) is 0 Å². The molecule has 0 radical (unpaired) electrons. The van der Waals surface area contributed by atoms with Gasteiger partial charge in [0.05, 0.1) is 12.8 Å². The number of ether oxygens (including phenoxy) is 1. The van der Waals surface area contributed by atoms with E-state index in [1.807, 2.05) is 35.7 Å². The Balaban J connectivity index is 2.02. The Hall–Kier alpha value is -2.47. The molecule has 0 spiro atoms. The molecule has 1 aromatic heterocycles. The number of carbonyl (C=O) groups is 2. The molecule has 0 atom stereocenters. The first-order chi connectivity index (χ1) is 9.69. The predicted molar refractivity (Wildman–Crippen MR) is 77.3 cm³/mol. The molecule has 1 heterocycles. The quantitative estimate of drug-likeness (QED) is 0.693. The van der Waals surface area contributed by atoms with Gasteiger partial charge in [0.15, 0.2) is 5.13 Å². The Kier molecular flexibility index (Phi) is 4.62. The second-order valence-corrected chi connectivity index (χ2v) is 4.61. The van der Waals surface area contributed by atoms with E-state index < -0.39 is 11.9 Å². The number of methoxy groups -OCH3 is 1. The van der Waals surface area contributed by atoms with Crippen molar-refractivity contribution in [3.05, 3.63) is 47.9 Å². The fourth-order valence-electron chi connectivity index (χ4n) is 1.43. The number of benzene rings is 1. The molecule has 0 saturated carbocycles. The molecular weight excluding hydrogens is 276 g/mol. The first-order valence-electron chi connectivity index (χ1n) is 5.77. The van der Waals surface area contributed by atoms with Crippen molar-refractivity contribution in [1.82, 2.24) is 4.98 Å². The predicted octanol–water partition coefficient (Wildman–Crippen LogP) is 2.48. The van der Waals surface area contributed by atoms with Gasteiger partial charge in [-0.25, -0.2) is 9.78 Å². The zero-order chi connectivity index (χ0) is 14.4. The summed E-state index contributed by atoms with van der Waals surface area (Å²) < 4.78 is 4.39. The van der Waals surface area contributed by atoms with E-state index in [1.54, 1.807) is 0 Å². The summed E-state index contributed by atoms with van der Waals surface area (Å²) in [5.74, 6) is -1.01. The maximum Gasteiger partial charge on any atom is 0.330 e. The van der Waals surface area contributed by atoms with E-state index in [0.29, 0.717) is 5.13 Å². The lowest BCUT2D eigenvalue weighted by atomic mass is 10.2. The van der Waals surface area contributed by atoms with Crippen LogP contribution in [0.3, 0.4) is 0 Å². The monoisotopic (exact) mass is 288 g/mol. The van der Waals surface area contributed by atoms with Gasteiger partial charge in [-0.3, -0.25) is 10.1 Å². The summed E-state index contributed by atoms with van der Waals surface area (Å²) in [6.45, 7) is 0. The zero-order valence-corrected chi connectivity index (χ0v) is 11.5. The fraction of sp³-hybridized carbons (Fsp3) is 0.0714. The topological polar surface area (TPSA) is 68.3 Å². The highest BCUT2D eigenvalue weighted by Gasteiger charge is 2.06. The van der Waals surface area contributed by atoms with Gasteiger partial charge in [-0.1, -0.05) is 30.3 Å². The molecule has 6 heteroatoms. The van der Waals surface area contributed by atoms with E-state index in [1.165, 1.54) is 18.4 Å². The van der Waals surface area contributed by atoms with Crippen LogP contribution < -0.4 is 5.32 Å². The molecule has 1 amide bonds. The second kappa shape index (κ2) is 6.63. The Labute approximate surface area is 119 Å². The standard InChI is InChI=1S/C14H12N2O3S/c1-19-13(18)8-7-12(17)16-14-15-11(9-20-14)10-5-3-2-4-6-10/h2-9H,1H3,(H,15,16,17)/b8-7+. The van der Waals surface area contributed by atoms with E-state index >= 15 is 0 Å². The largest absolute Gasteiger partial charge is 0.466 e. The van der Waals surface area contributed by atoms with Crippen LogP contribution in [0, 0.1) is 0 Å². The first-order valence-corrected chi connectivity index (χ1v) is 6.65. The van der Waals surface area contributed by atoms with Crippen LogP contribution >= 0.6 is 11.3 Å². The average Bonchev–Trinajstić information content (AvgIpc) is 2.94. The van der Waals surface area contributed by atoms with Crippen molar-refractivity contribution in [2.24, 2.45) is 0 Å². The van der Waals surface area contributed by atoms with Gasteiger partial charge >= 0.3 is 5.97 Å². The zero-order valence-electron chi connectivity index (χ0n) is 10.7.